The van der Waals surface area contributed by atoms with E-state index in [4.69, 9.17) is 26.0 Å². The van der Waals surface area contributed by atoms with Crippen LogP contribution in [0.3, 0.4) is 0 Å². The lowest BCUT2D eigenvalue weighted by Crippen LogP contribution is -2.51. The SMILES string of the molecule is COc1ccc2c(c1)C(c1ccc(Cl)cc1)=N[C@@H](CC(=O)NCCNC(=O)c1cccc(-c3ccc4c(c3)COB4O)c1)C1N(C3CC3)NC(C)N21. The number of aliphatic imine (C=N–C) groups is 1. The molecule has 0 bridgehead atoms. The Bertz CT molecular complexity index is 2040. The van der Waals surface area contributed by atoms with E-state index < -0.39 is 13.2 Å². The van der Waals surface area contributed by atoms with E-state index in [1.807, 2.05) is 72.8 Å². The molecule has 2 amide bonds. The van der Waals surface area contributed by atoms with E-state index in [0.29, 0.717) is 23.2 Å². The lowest BCUT2D eigenvalue weighted by atomic mass is 9.79. The predicted octanol–water partition coefficient (Wildman–Crippen LogP) is 3.85. The smallest absolute Gasteiger partial charge is 0.491 e. The van der Waals surface area contributed by atoms with Crippen LogP contribution in [0.25, 0.3) is 11.1 Å². The van der Waals surface area contributed by atoms with Crippen LogP contribution in [0, 0.1) is 0 Å². The molecule has 3 heterocycles. The fraction of sp³-hybridized carbons (Fsp3) is 0.308. The van der Waals surface area contributed by atoms with Gasteiger partial charge in [-0.3, -0.25) is 14.6 Å². The van der Waals surface area contributed by atoms with Gasteiger partial charge in [-0.2, -0.15) is 0 Å². The molecule has 4 aromatic carbocycles. The topological polar surface area (TPSA) is 128 Å². The molecule has 4 N–H and O–H groups in total. The molecule has 266 valence electrons. The van der Waals surface area contributed by atoms with Crippen molar-refractivity contribution in [1.29, 1.82) is 0 Å². The molecule has 0 spiro atoms. The number of halogens is 1. The molecule has 13 heteroatoms. The van der Waals surface area contributed by atoms with E-state index in [1.165, 1.54) is 0 Å². The van der Waals surface area contributed by atoms with Gasteiger partial charge in [0, 0.05) is 46.5 Å². The van der Waals surface area contributed by atoms with Crippen LogP contribution in [0.15, 0.2) is 89.9 Å². The minimum absolute atomic E-state index is 0.0265. The summed E-state index contributed by atoms with van der Waals surface area (Å²) in [6.45, 7) is 3.02. The van der Waals surface area contributed by atoms with Crippen LogP contribution in [0.5, 0.6) is 5.75 Å². The van der Waals surface area contributed by atoms with Crippen molar-refractivity contribution in [3.8, 4) is 16.9 Å². The molecule has 2 unspecified atom stereocenters. The summed E-state index contributed by atoms with van der Waals surface area (Å²) in [6.07, 6.45) is 2.10. The van der Waals surface area contributed by atoms with Gasteiger partial charge in [0.05, 0.1) is 38.1 Å². The quantitative estimate of drug-likeness (QED) is 0.144. The van der Waals surface area contributed by atoms with E-state index in [9.17, 15) is 14.6 Å². The van der Waals surface area contributed by atoms with Crippen LogP contribution < -0.4 is 31.2 Å². The Kier molecular flexibility index (Phi) is 9.50. The van der Waals surface area contributed by atoms with Crippen LogP contribution in [-0.2, 0) is 16.1 Å². The molecular formula is C39H40BClN6O5. The summed E-state index contributed by atoms with van der Waals surface area (Å²) in [5.41, 5.74) is 11.3. The van der Waals surface area contributed by atoms with Gasteiger partial charge in [-0.05, 0) is 90.4 Å². The zero-order chi connectivity index (χ0) is 35.9. The Morgan fingerprint density at radius 1 is 1.00 bits per heavy atom. The van der Waals surface area contributed by atoms with E-state index in [2.05, 4.69) is 39.0 Å². The number of hydrogen-bond donors (Lipinski definition) is 4. The van der Waals surface area contributed by atoms with Crippen LogP contribution >= 0.6 is 11.6 Å². The third-order valence-corrected chi connectivity index (χ3v) is 10.4. The summed E-state index contributed by atoms with van der Waals surface area (Å²) in [5.74, 6) is 0.344. The molecule has 3 atom stereocenters. The summed E-state index contributed by atoms with van der Waals surface area (Å²) >= 11 is 6.28. The van der Waals surface area contributed by atoms with Crippen LogP contribution in [-0.4, -0.2) is 79.3 Å². The van der Waals surface area contributed by atoms with Crippen molar-refractivity contribution in [2.75, 3.05) is 25.1 Å². The number of hydrogen-bond acceptors (Lipinski definition) is 9. The van der Waals surface area contributed by atoms with Crippen LogP contribution in [0.2, 0.25) is 5.02 Å². The number of nitrogens with one attached hydrogen (secondary N) is 3. The van der Waals surface area contributed by atoms with Crippen molar-refractivity contribution in [3.63, 3.8) is 0 Å². The van der Waals surface area contributed by atoms with Gasteiger partial charge in [-0.25, -0.2) is 10.4 Å². The zero-order valence-corrected chi connectivity index (χ0v) is 29.8. The Morgan fingerprint density at radius 3 is 2.56 bits per heavy atom. The number of methoxy groups -OCH3 is 1. The number of carbonyl (C=O) groups is 2. The van der Waals surface area contributed by atoms with Gasteiger partial charge in [0.2, 0.25) is 5.91 Å². The maximum Gasteiger partial charge on any atom is 0.491 e. The number of fused-ring (bicyclic) bond motifs is 4. The Morgan fingerprint density at radius 2 is 1.77 bits per heavy atom. The van der Waals surface area contributed by atoms with E-state index in [-0.39, 0.29) is 43.7 Å². The average Bonchev–Trinajstić information content (AvgIpc) is 3.89. The summed E-state index contributed by atoms with van der Waals surface area (Å²) < 4.78 is 11.0. The highest BCUT2D eigenvalue weighted by Gasteiger charge is 2.50. The highest BCUT2D eigenvalue weighted by atomic mass is 35.5. The van der Waals surface area contributed by atoms with E-state index in [0.717, 1.165) is 63.3 Å². The van der Waals surface area contributed by atoms with Crippen molar-refractivity contribution >= 4 is 47.4 Å². The second-order valence-electron chi connectivity index (χ2n) is 13.7. The molecule has 0 aromatic heterocycles. The van der Waals surface area contributed by atoms with Gasteiger partial charge in [-0.1, -0.05) is 48.0 Å². The minimum atomic E-state index is -0.898. The number of carbonyl (C=O) groups excluding carboxylic acids is 2. The Hall–Kier alpha value is -4.72. The van der Waals surface area contributed by atoms with Crippen molar-refractivity contribution in [1.82, 2.24) is 21.1 Å². The predicted molar refractivity (Wildman–Crippen MR) is 202 cm³/mol. The third-order valence-electron chi connectivity index (χ3n) is 10.1. The Balaban J connectivity index is 0.974. The number of benzene rings is 4. The third kappa shape index (κ3) is 6.80. The summed E-state index contributed by atoms with van der Waals surface area (Å²) in [7, 11) is 0.756. The summed E-state index contributed by atoms with van der Waals surface area (Å²) in [4.78, 5) is 34.5. The largest absolute Gasteiger partial charge is 0.497 e. The second kappa shape index (κ2) is 14.4. The van der Waals surface area contributed by atoms with E-state index in [1.54, 1.807) is 13.2 Å². The standard InChI is InChI=1S/C39H40BClN6O5/c1-23-45-47(30-11-12-30)39-34(44-37(24-6-9-29(41)10-7-24)32-20-31(51-2)13-15-35(32)46(23)39)21-36(48)42-16-17-43-38(49)27-5-3-4-25(18-27)26-8-14-33-28(19-26)22-52-40(33)50/h3-10,13-15,18-20,23,30,34,39,45,50H,11-12,16-17,21-22H2,1-2H3,(H,42,48)(H,43,49)/t23?,34-,39?/m0/s1. The molecule has 2 fully saturated rings. The zero-order valence-electron chi connectivity index (χ0n) is 29.0. The monoisotopic (exact) mass is 718 g/mol. The minimum Gasteiger partial charge on any atom is -0.497 e. The van der Waals surface area contributed by atoms with Crippen molar-refractivity contribution in [2.24, 2.45) is 4.99 Å². The second-order valence-corrected chi connectivity index (χ2v) is 14.1. The Labute approximate surface area is 308 Å². The first-order valence-corrected chi connectivity index (χ1v) is 18.1. The number of amides is 2. The van der Waals surface area contributed by atoms with Gasteiger partial charge < -0.3 is 29.9 Å². The first-order valence-electron chi connectivity index (χ1n) is 17.7. The summed E-state index contributed by atoms with van der Waals surface area (Å²) in [5, 5.41) is 18.8. The molecule has 8 rings (SSSR count). The fourth-order valence-electron chi connectivity index (χ4n) is 7.45. The van der Waals surface area contributed by atoms with Crippen molar-refractivity contribution in [3.05, 3.63) is 112 Å². The first kappa shape index (κ1) is 34.4. The number of ether oxygens (including phenoxy) is 1. The molecular weight excluding hydrogens is 679 g/mol. The highest BCUT2D eigenvalue weighted by molar-refractivity contribution is 6.61. The highest BCUT2D eigenvalue weighted by Crippen LogP contribution is 2.42. The molecule has 1 saturated carbocycles. The number of anilines is 1. The molecule has 4 aromatic rings. The lowest BCUT2D eigenvalue weighted by molar-refractivity contribution is -0.121. The van der Waals surface area contributed by atoms with Gasteiger partial charge in [0.15, 0.2) is 0 Å². The van der Waals surface area contributed by atoms with Crippen molar-refractivity contribution < 1.29 is 24.0 Å². The van der Waals surface area contributed by atoms with Crippen LogP contribution in [0.1, 0.15) is 53.2 Å². The average molecular weight is 719 g/mol. The van der Waals surface area contributed by atoms with Gasteiger partial charge >= 0.3 is 7.12 Å². The van der Waals surface area contributed by atoms with E-state index >= 15 is 0 Å². The van der Waals surface area contributed by atoms with Gasteiger partial charge in [0.1, 0.15) is 11.9 Å². The first-order chi connectivity index (χ1) is 25.3. The molecule has 11 nitrogen and oxygen atoms in total. The molecule has 3 aliphatic heterocycles. The van der Waals surface area contributed by atoms with Crippen molar-refractivity contribution in [2.45, 2.75) is 57.2 Å². The number of nitrogens with zero attached hydrogens (tertiary/aromatic N) is 3. The van der Waals surface area contributed by atoms with Gasteiger partial charge in [-0.15, -0.1) is 0 Å². The lowest BCUT2D eigenvalue weighted by Gasteiger charge is -2.34. The maximum atomic E-state index is 13.7. The fourth-order valence-corrected chi connectivity index (χ4v) is 7.58. The molecule has 0 radical (unpaired) electrons. The molecule has 52 heavy (non-hydrogen) atoms. The maximum absolute atomic E-state index is 13.7. The molecule has 1 saturated heterocycles. The number of rotatable bonds is 10. The normalized spacial score (nSPS) is 20.8. The number of hydrazine groups is 1. The van der Waals surface area contributed by atoms with Crippen LogP contribution in [0.4, 0.5) is 5.69 Å². The van der Waals surface area contributed by atoms with Gasteiger partial charge in [0.25, 0.3) is 5.91 Å². The molecule has 1 aliphatic carbocycles. The molecule has 4 aliphatic rings. The summed E-state index contributed by atoms with van der Waals surface area (Å²) in [6, 6.07) is 26.8.